The van der Waals surface area contributed by atoms with Crippen LogP contribution >= 0.6 is 0 Å². The number of morpholine rings is 1. The van der Waals surface area contributed by atoms with Crippen LogP contribution in [0.1, 0.15) is 37.8 Å². The van der Waals surface area contributed by atoms with E-state index >= 15 is 0 Å². The van der Waals surface area contributed by atoms with Crippen molar-refractivity contribution in [2.24, 2.45) is 10.2 Å². The lowest BCUT2D eigenvalue weighted by atomic mass is 9.91. The van der Waals surface area contributed by atoms with Crippen molar-refractivity contribution < 1.29 is 4.74 Å². The highest BCUT2D eigenvalue weighted by molar-refractivity contribution is 5.96. The number of aliphatic imine (C=N–C) groups is 1. The second kappa shape index (κ2) is 8.95. The normalized spacial score (nSPS) is 19.8. The molecule has 7 nitrogen and oxygen atoms in total. The summed E-state index contributed by atoms with van der Waals surface area (Å²) < 4.78 is 5.49. The lowest BCUT2D eigenvalue weighted by Crippen LogP contribution is -2.40. The fourth-order valence-electron chi connectivity index (χ4n) is 3.99. The summed E-state index contributed by atoms with van der Waals surface area (Å²) in [6, 6.07) is 4.35. The van der Waals surface area contributed by atoms with Crippen LogP contribution in [0.5, 0.6) is 0 Å². The molecule has 2 aliphatic rings. The third-order valence-electron chi connectivity index (χ3n) is 6.03. The van der Waals surface area contributed by atoms with Crippen LogP contribution in [0, 0.1) is 18.8 Å². The molecule has 2 aliphatic heterocycles. The number of amidine groups is 1. The lowest BCUT2D eigenvalue weighted by Gasteiger charge is -2.35. The zero-order valence-corrected chi connectivity index (χ0v) is 18.1. The quantitative estimate of drug-likeness (QED) is 0.459. The Morgan fingerprint density at radius 1 is 1.17 bits per heavy atom. The van der Waals surface area contributed by atoms with Crippen LogP contribution < -0.4 is 10.2 Å². The van der Waals surface area contributed by atoms with Gasteiger partial charge in [-0.05, 0) is 57.7 Å². The van der Waals surface area contributed by atoms with Crippen LogP contribution in [-0.2, 0) is 4.74 Å². The molecule has 1 aromatic rings. The maximum atomic E-state index is 11.0. The van der Waals surface area contributed by atoms with Gasteiger partial charge in [0.15, 0.2) is 0 Å². The summed E-state index contributed by atoms with van der Waals surface area (Å²) in [5.41, 5.74) is 4.29. The van der Waals surface area contributed by atoms with Crippen LogP contribution in [0.25, 0.3) is 0 Å². The number of nitrogens with zero attached hydrogens (tertiary/aromatic N) is 4. The molecule has 0 unspecified atom stereocenters. The van der Waals surface area contributed by atoms with Gasteiger partial charge in [-0.3, -0.25) is 0 Å². The topological polar surface area (TPSA) is 69.5 Å². The standard InChI is InChI=1S/C22H33N5O2/c1-16-6-7-20(27-12-14-29-15-13-27)17(2)21(16)24-18(3)23-19(4)26-10-8-22(5,25-28)9-11-26/h6-7H,4,8-15H2,1-3,5H3,(H,23,24). The first-order valence-electron chi connectivity index (χ1n) is 10.4. The van der Waals surface area contributed by atoms with Gasteiger partial charge in [-0.15, -0.1) is 0 Å². The minimum atomic E-state index is -0.456. The number of anilines is 2. The summed E-state index contributed by atoms with van der Waals surface area (Å²) in [5.74, 6) is 1.53. The molecule has 2 fully saturated rings. The fourth-order valence-corrected chi connectivity index (χ4v) is 3.99. The van der Waals surface area contributed by atoms with Crippen LogP contribution in [0.15, 0.2) is 34.7 Å². The highest BCUT2D eigenvalue weighted by Gasteiger charge is 2.31. The number of nitroso groups, excluding NO2 is 1. The van der Waals surface area contributed by atoms with Gasteiger partial charge >= 0.3 is 0 Å². The molecule has 0 aliphatic carbocycles. The highest BCUT2D eigenvalue weighted by Crippen LogP contribution is 2.31. The van der Waals surface area contributed by atoms with E-state index in [-0.39, 0.29) is 0 Å². The summed E-state index contributed by atoms with van der Waals surface area (Å²) in [4.78, 5) is 20.2. The number of hydrogen-bond acceptors (Lipinski definition) is 6. The zero-order chi connectivity index (χ0) is 21.0. The number of hydrogen-bond donors (Lipinski definition) is 1. The Balaban J connectivity index is 1.70. The van der Waals surface area contributed by atoms with Crippen LogP contribution in [-0.4, -0.2) is 55.7 Å². The van der Waals surface area contributed by atoms with Crippen molar-refractivity contribution >= 4 is 17.2 Å². The zero-order valence-electron chi connectivity index (χ0n) is 18.1. The first-order valence-corrected chi connectivity index (χ1v) is 10.4. The summed E-state index contributed by atoms with van der Waals surface area (Å²) in [6.45, 7) is 17.2. The molecule has 0 radical (unpaired) electrons. The van der Waals surface area contributed by atoms with Gasteiger partial charge in [-0.25, -0.2) is 4.99 Å². The van der Waals surface area contributed by atoms with Crippen molar-refractivity contribution in [3.8, 4) is 0 Å². The Morgan fingerprint density at radius 3 is 2.45 bits per heavy atom. The van der Waals surface area contributed by atoms with E-state index in [2.05, 4.69) is 57.8 Å². The SMILES string of the molecule is C=C(N=C(C)Nc1c(C)ccc(N2CCOCC2)c1C)N1CCC(C)(N=O)CC1. The van der Waals surface area contributed by atoms with Gasteiger partial charge in [0, 0.05) is 37.6 Å². The number of nitrogens with one attached hydrogen (secondary N) is 1. The second-order valence-electron chi connectivity index (χ2n) is 8.31. The van der Waals surface area contributed by atoms with Crippen molar-refractivity contribution in [2.45, 2.75) is 46.1 Å². The Bertz CT molecular complexity index is 791. The monoisotopic (exact) mass is 399 g/mol. The molecule has 0 atom stereocenters. The molecule has 2 saturated heterocycles. The molecule has 7 heteroatoms. The van der Waals surface area contributed by atoms with E-state index in [4.69, 9.17) is 4.74 Å². The molecular formula is C22H33N5O2. The predicted molar refractivity (Wildman–Crippen MR) is 120 cm³/mol. The van der Waals surface area contributed by atoms with E-state index in [0.717, 1.165) is 69.6 Å². The summed E-state index contributed by atoms with van der Waals surface area (Å²) >= 11 is 0. The lowest BCUT2D eigenvalue weighted by molar-refractivity contribution is 0.122. The Hall–Kier alpha value is -2.41. The second-order valence-corrected chi connectivity index (χ2v) is 8.31. The van der Waals surface area contributed by atoms with Gasteiger partial charge in [0.1, 0.15) is 17.2 Å². The Kier molecular flexibility index (Phi) is 6.57. The maximum Gasteiger partial charge on any atom is 0.123 e. The summed E-state index contributed by atoms with van der Waals surface area (Å²) in [5, 5.41) is 6.78. The van der Waals surface area contributed by atoms with Gasteiger partial charge in [-0.1, -0.05) is 17.8 Å². The van der Waals surface area contributed by atoms with Crippen molar-refractivity contribution in [1.29, 1.82) is 0 Å². The summed E-state index contributed by atoms with van der Waals surface area (Å²) in [6.07, 6.45) is 1.47. The molecule has 0 aromatic heterocycles. The molecule has 0 saturated carbocycles. The molecule has 0 amide bonds. The number of piperidine rings is 1. The predicted octanol–water partition coefficient (Wildman–Crippen LogP) is 4.06. The summed E-state index contributed by atoms with van der Waals surface area (Å²) in [7, 11) is 0. The molecule has 2 heterocycles. The average Bonchev–Trinajstić information content (AvgIpc) is 2.72. The number of aryl methyl sites for hydroxylation is 1. The molecule has 0 bridgehead atoms. The van der Waals surface area contributed by atoms with Crippen molar-refractivity contribution in [1.82, 2.24) is 4.90 Å². The minimum Gasteiger partial charge on any atom is -0.378 e. The molecule has 1 aromatic carbocycles. The van der Waals surface area contributed by atoms with Crippen molar-refractivity contribution in [2.75, 3.05) is 49.6 Å². The molecular weight excluding hydrogens is 366 g/mol. The molecule has 0 spiro atoms. The average molecular weight is 400 g/mol. The number of likely N-dealkylation sites (tertiary alicyclic amines) is 1. The van der Waals surface area contributed by atoms with E-state index in [1.165, 1.54) is 16.8 Å². The van der Waals surface area contributed by atoms with E-state index in [9.17, 15) is 4.91 Å². The van der Waals surface area contributed by atoms with Gasteiger partial charge in [0.25, 0.3) is 0 Å². The van der Waals surface area contributed by atoms with Crippen LogP contribution in [0.4, 0.5) is 11.4 Å². The first kappa shape index (κ1) is 21.3. The maximum absolute atomic E-state index is 11.0. The van der Waals surface area contributed by atoms with Gasteiger partial charge in [-0.2, -0.15) is 4.91 Å². The smallest absolute Gasteiger partial charge is 0.123 e. The molecule has 158 valence electrons. The Morgan fingerprint density at radius 2 is 1.83 bits per heavy atom. The fraction of sp³-hybridized carbons (Fsp3) is 0.591. The van der Waals surface area contributed by atoms with E-state index in [1.807, 2.05) is 13.8 Å². The molecule has 1 N–H and O–H groups in total. The van der Waals surface area contributed by atoms with E-state index in [1.54, 1.807) is 0 Å². The molecule has 29 heavy (non-hydrogen) atoms. The number of rotatable bonds is 5. The largest absolute Gasteiger partial charge is 0.378 e. The third kappa shape index (κ3) is 4.96. The van der Waals surface area contributed by atoms with Crippen molar-refractivity contribution in [3.63, 3.8) is 0 Å². The third-order valence-corrected chi connectivity index (χ3v) is 6.03. The van der Waals surface area contributed by atoms with E-state index in [0.29, 0.717) is 0 Å². The van der Waals surface area contributed by atoms with E-state index < -0.39 is 5.54 Å². The number of benzene rings is 1. The van der Waals surface area contributed by atoms with Crippen LogP contribution in [0.3, 0.4) is 0 Å². The highest BCUT2D eigenvalue weighted by atomic mass is 16.5. The minimum absolute atomic E-state index is 0.456. The first-order chi connectivity index (χ1) is 13.8. The Labute approximate surface area is 173 Å². The van der Waals surface area contributed by atoms with Gasteiger partial charge < -0.3 is 19.9 Å². The van der Waals surface area contributed by atoms with Gasteiger partial charge in [0.05, 0.1) is 13.2 Å². The van der Waals surface area contributed by atoms with Gasteiger partial charge in [0.2, 0.25) is 0 Å². The van der Waals surface area contributed by atoms with Crippen molar-refractivity contribution in [3.05, 3.63) is 40.6 Å². The van der Waals surface area contributed by atoms with Crippen LogP contribution in [0.2, 0.25) is 0 Å². The molecule has 3 rings (SSSR count). The number of ether oxygens (including phenoxy) is 1.